The molecule has 1 heterocycles. The van der Waals surface area contributed by atoms with Gasteiger partial charge in [0.1, 0.15) is 0 Å². The van der Waals surface area contributed by atoms with E-state index in [4.69, 9.17) is 5.73 Å². The van der Waals surface area contributed by atoms with E-state index in [0.717, 1.165) is 17.8 Å². The van der Waals surface area contributed by atoms with Crippen molar-refractivity contribution in [2.75, 3.05) is 0 Å². The SMILES string of the molecule is CCc1ccccc1C(N)Cc1nccs1. The third kappa shape index (κ3) is 2.49. The van der Waals surface area contributed by atoms with Crippen LogP contribution in [-0.4, -0.2) is 4.98 Å². The van der Waals surface area contributed by atoms with E-state index in [0.29, 0.717) is 0 Å². The summed E-state index contributed by atoms with van der Waals surface area (Å²) in [7, 11) is 0. The summed E-state index contributed by atoms with van der Waals surface area (Å²) in [6, 6.07) is 8.45. The zero-order chi connectivity index (χ0) is 11.4. The molecule has 2 nitrogen and oxygen atoms in total. The Morgan fingerprint density at radius 3 is 2.88 bits per heavy atom. The first-order valence-electron chi connectivity index (χ1n) is 5.53. The Kier molecular flexibility index (Phi) is 3.70. The second-order valence-corrected chi connectivity index (χ2v) is 4.77. The normalized spacial score (nSPS) is 12.6. The van der Waals surface area contributed by atoms with Crippen LogP contribution < -0.4 is 5.73 Å². The van der Waals surface area contributed by atoms with Gasteiger partial charge in [-0.3, -0.25) is 0 Å². The fourth-order valence-corrected chi connectivity index (χ4v) is 2.55. The van der Waals surface area contributed by atoms with Crippen LogP contribution in [0.1, 0.15) is 29.1 Å². The molecule has 84 valence electrons. The average Bonchev–Trinajstić information content (AvgIpc) is 2.81. The summed E-state index contributed by atoms with van der Waals surface area (Å²) in [6.45, 7) is 2.16. The molecule has 0 radical (unpaired) electrons. The molecule has 0 saturated heterocycles. The zero-order valence-electron chi connectivity index (χ0n) is 9.39. The summed E-state index contributed by atoms with van der Waals surface area (Å²) in [5, 5.41) is 3.10. The van der Waals surface area contributed by atoms with Gasteiger partial charge in [0.2, 0.25) is 0 Å². The molecule has 1 unspecified atom stereocenters. The Hall–Kier alpha value is -1.19. The second kappa shape index (κ2) is 5.23. The van der Waals surface area contributed by atoms with E-state index >= 15 is 0 Å². The van der Waals surface area contributed by atoms with Crippen LogP contribution >= 0.6 is 11.3 Å². The predicted molar refractivity (Wildman–Crippen MR) is 68.6 cm³/mol. The van der Waals surface area contributed by atoms with Crippen LogP contribution in [0.25, 0.3) is 0 Å². The molecule has 1 atom stereocenters. The summed E-state index contributed by atoms with van der Waals surface area (Å²) in [4.78, 5) is 4.28. The van der Waals surface area contributed by atoms with Gasteiger partial charge in [-0.15, -0.1) is 11.3 Å². The third-order valence-corrected chi connectivity index (χ3v) is 3.52. The Morgan fingerprint density at radius 1 is 1.38 bits per heavy atom. The maximum Gasteiger partial charge on any atom is 0.0943 e. The number of hydrogen-bond donors (Lipinski definition) is 1. The van der Waals surface area contributed by atoms with E-state index in [9.17, 15) is 0 Å². The van der Waals surface area contributed by atoms with Crippen molar-refractivity contribution < 1.29 is 0 Å². The van der Waals surface area contributed by atoms with Gasteiger partial charge in [-0.05, 0) is 17.5 Å². The maximum absolute atomic E-state index is 6.23. The highest BCUT2D eigenvalue weighted by molar-refractivity contribution is 7.09. The highest BCUT2D eigenvalue weighted by Crippen LogP contribution is 2.21. The number of thiazole rings is 1. The Bertz CT molecular complexity index is 437. The summed E-state index contributed by atoms with van der Waals surface area (Å²) in [5.74, 6) is 0. The molecule has 3 heteroatoms. The molecular formula is C13H16N2S. The van der Waals surface area contributed by atoms with Crippen LogP contribution in [0.15, 0.2) is 35.8 Å². The summed E-state index contributed by atoms with van der Waals surface area (Å²) in [6.07, 6.45) is 3.69. The molecule has 1 aromatic carbocycles. The maximum atomic E-state index is 6.23. The fraction of sp³-hybridized carbons (Fsp3) is 0.308. The first kappa shape index (κ1) is 11.3. The molecule has 2 aromatic rings. The highest BCUT2D eigenvalue weighted by Gasteiger charge is 2.11. The molecule has 0 aliphatic rings. The summed E-state index contributed by atoms with van der Waals surface area (Å²) in [5.41, 5.74) is 8.82. The number of nitrogens with zero attached hydrogens (tertiary/aromatic N) is 1. The molecular weight excluding hydrogens is 216 g/mol. The van der Waals surface area contributed by atoms with Crippen LogP contribution in [-0.2, 0) is 12.8 Å². The van der Waals surface area contributed by atoms with E-state index < -0.39 is 0 Å². The number of rotatable bonds is 4. The molecule has 0 aliphatic heterocycles. The fourth-order valence-electron chi connectivity index (χ4n) is 1.87. The minimum atomic E-state index is 0.0577. The number of aryl methyl sites for hydroxylation is 1. The minimum absolute atomic E-state index is 0.0577. The van der Waals surface area contributed by atoms with Crippen molar-refractivity contribution in [3.63, 3.8) is 0 Å². The summed E-state index contributed by atoms with van der Waals surface area (Å²) < 4.78 is 0. The smallest absolute Gasteiger partial charge is 0.0943 e. The molecule has 16 heavy (non-hydrogen) atoms. The zero-order valence-corrected chi connectivity index (χ0v) is 10.2. The van der Waals surface area contributed by atoms with Gasteiger partial charge in [-0.1, -0.05) is 31.2 Å². The summed E-state index contributed by atoms with van der Waals surface area (Å²) >= 11 is 1.67. The predicted octanol–water partition coefficient (Wildman–Crippen LogP) is 2.95. The second-order valence-electron chi connectivity index (χ2n) is 3.79. The minimum Gasteiger partial charge on any atom is -0.324 e. The van der Waals surface area contributed by atoms with Crippen LogP contribution in [0.3, 0.4) is 0 Å². The molecule has 0 spiro atoms. The van der Waals surface area contributed by atoms with Crippen LogP contribution in [0.4, 0.5) is 0 Å². The number of aromatic nitrogens is 1. The molecule has 0 aliphatic carbocycles. The quantitative estimate of drug-likeness (QED) is 0.880. The van der Waals surface area contributed by atoms with Crippen molar-refractivity contribution in [2.45, 2.75) is 25.8 Å². The molecule has 2 rings (SSSR count). The van der Waals surface area contributed by atoms with E-state index in [1.807, 2.05) is 11.6 Å². The van der Waals surface area contributed by atoms with E-state index in [-0.39, 0.29) is 6.04 Å². The topological polar surface area (TPSA) is 38.9 Å². The molecule has 0 fully saturated rings. The first-order valence-corrected chi connectivity index (χ1v) is 6.41. The van der Waals surface area contributed by atoms with Gasteiger partial charge in [-0.2, -0.15) is 0 Å². The Morgan fingerprint density at radius 2 is 2.19 bits per heavy atom. The molecule has 0 amide bonds. The number of hydrogen-bond acceptors (Lipinski definition) is 3. The highest BCUT2D eigenvalue weighted by atomic mass is 32.1. The van der Waals surface area contributed by atoms with Crippen molar-refractivity contribution in [1.82, 2.24) is 4.98 Å². The van der Waals surface area contributed by atoms with Gasteiger partial charge in [0, 0.05) is 24.0 Å². The van der Waals surface area contributed by atoms with Crippen molar-refractivity contribution in [1.29, 1.82) is 0 Å². The first-order chi connectivity index (χ1) is 7.81. The monoisotopic (exact) mass is 232 g/mol. The number of benzene rings is 1. The largest absolute Gasteiger partial charge is 0.324 e. The molecule has 0 saturated carbocycles. The lowest BCUT2D eigenvalue weighted by molar-refractivity contribution is 0.708. The van der Waals surface area contributed by atoms with Gasteiger partial charge in [0.15, 0.2) is 0 Å². The number of nitrogens with two attached hydrogens (primary N) is 1. The van der Waals surface area contributed by atoms with Gasteiger partial charge in [0.25, 0.3) is 0 Å². The molecule has 2 N–H and O–H groups in total. The standard InChI is InChI=1S/C13H16N2S/c1-2-10-5-3-4-6-11(10)12(14)9-13-15-7-8-16-13/h3-8,12H,2,9,14H2,1H3. The van der Waals surface area contributed by atoms with Crippen molar-refractivity contribution in [3.8, 4) is 0 Å². The Balaban J connectivity index is 2.17. The van der Waals surface area contributed by atoms with Gasteiger partial charge in [0.05, 0.1) is 5.01 Å². The molecule has 0 bridgehead atoms. The van der Waals surface area contributed by atoms with Crippen molar-refractivity contribution in [3.05, 3.63) is 52.0 Å². The van der Waals surface area contributed by atoms with Crippen LogP contribution in [0.2, 0.25) is 0 Å². The van der Waals surface area contributed by atoms with E-state index in [1.54, 1.807) is 11.3 Å². The van der Waals surface area contributed by atoms with Crippen molar-refractivity contribution in [2.24, 2.45) is 5.73 Å². The van der Waals surface area contributed by atoms with E-state index in [2.05, 4.69) is 36.2 Å². The Labute approximate surface area is 100 Å². The van der Waals surface area contributed by atoms with Gasteiger partial charge in [-0.25, -0.2) is 4.98 Å². The lowest BCUT2D eigenvalue weighted by atomic mass is 9.97. The molecule has 1 aromatic heterocycles. The van der Waals surface area contributed by atoms with Gasteiger partial charge >= 0.3 is 0 Å². The van der Waals surface area contributed by atoms with Crippen LogP contribution in [0, 0.1) is 0 Å². The lowest BCUT2D eigenvalue weighted by Crippen LogP contribution is -2.15. The van der Waals surface area contributed by atoms with Crippen molar-refractivity contribution >= 4 is 11.3 Å². The lowest BCUT2D eigenvalue weighted by Gasteiger charge is -2.14. The van der Waals surface area contributed by atoms with E-state index in [1.165, 1.54) is 11.1 Å². The van der Waals surface area contributed by atoms with Crippen LogP contribution in [0.5, 0.6) is 0 Å². The van der Waals surface area contributed by atoms with Gasteiger partial charge < -0.3 is 5.73 Å². The third-order valence-electron chi connectivity index (χ3n) is 2.71. The average molecular weight is 232 g/mol.